The number of imide groups is 1. The Kier molecular flexibility index (Phi) is 3.89. The minimum Gasteiger partial charge on any atom is -0.396 e. The van der Waals surface area contributed by atoms with Gasteiger partial charge in [-0.05, 0) is 19.1 Å². The molecule has 3 unspecified atom stereocenters. The molecular formula is C22H20N2O6. The van der Waals surface area contributed by atoms with E-state index >= 15 is 0 Å². The largest absolute Gasteiger partial charge is 0.396 e. The van der Waals surface area contributed by atoms with Crippen LogP contribution in [-0.4, -0.2) is 57.2 Å². The summed E-state index contributed by atoms with van der Waals surface area (Å²) in [4.78, 5) is 28.1. The first-order valence-electron chi connectivity index (χ1n) is 9.78. The van der Waals surface area contributed by atoms with Crippen LogP contribution in [0.1, 0.15) is 18.9 Å². The molecule has 154 valence electrons. The first-order valence-corrected chi connectivity index (χ1v) is 9.78. The maximum absolute atomic E-state index is 13.5. The molecule has 3 saturated heterocycles. The van der Waals surface area contributed by atoms with E-state index in [0.717, 1.165) is 4.90 Å². The minimum atomic E-state index is -1.53. The molecule has 6 atom stereocenters. The summed E-state index contributed by atoms with van der Waals surface area (Å²) in [5.74, 6) is -3.06. The van der Waals surface area contributed by atoms with Crippen LogP contribution in [0.5, 0.6) is 0 Å². The summed E-state index contributed by atoms with van der Waals surface area (Å²) >= 11 is 0. The van der Waals surface area contributed by atoms with E-state index in [0.29, 0.717) is 22.0 Å². The van der Waals surface area contributed by atoms with Crippen LogP contribution < -0.4 is 4.90 Å². The van der Waals surface area contributed by atoms with E-state index in [1.807, 2.05) is 0 Å². The summed E-state index contributed by atoms with van der Waals surface area (Å²) in [5, 5.41) is 41.5. The van der Waals surface area contributed by atoms with Crippen molar-refractivity contribution >= 4 is 28.3 Å². The molecule has 0 radical (unpaired) electrons. The molecule has 30 heavy (non-hydrogen) atoms. The normalized spacial score (nSPS) is 37.1. The second-order valence-electron chi connectivity index (χ2n) is 8.36. The molecule has 2 aromatic carbocycles. The van der Waals surface area contributed by atoms with Crippen molar-refractivity contribution in [3.8, 4) is 6.07 Å². The highest BCUT2D eigenvalue weighted by Gasteiger charge is 2.80. The molecule has 8 heteroatoms. The maximum atomic E-state index is 13.5. The molecule has 2 amide bonds. The minimum absolute atomic E-state index is 0.0804. The number of anilines is 1. The predicted molar refractivity (Wildman–Crippen MR) is 104 cm³/mol. The van der Waals surface area contributed by atoms with Crippen molar-refractivity contribution in [1.29, 1.82) is 5.26 Å². The third-order valence-corrected chi connectivity index (χ3v) is 7.01. The Hall–Kier alpha value is -2.83. The Bertz CT molecular complexity index is 1140. The Morgan fingerprint density at radius 3 is 2.40 bits per heavy atom. The highest BCUT2D eigenvalue weighted by atomic mass is 16.6. The molecular weight excluding hydrogens is 388 g/mol. The number of nitrogens with zero attached hydrogens (tertiary/aromatic N) is 2. The number of amides is 2. The van der Waals surface area contributed by atoms with Gasteiger partial charge in [0.2, 0.25) is 11.8 Å². The number of hydrogen-bond acceptors (Lipinski definition) is 7. The molecule has 3 N–H and O–H groups in total. The average molecular weight is 408 g/mol. The van der Waals surface area contributed by atoms with Crippen molar-refractivity contribution in [3.63, 3.8) is 0 Å². The lowest BCUT2D eigenvalue weighted by molar-refractivity contribution is -0.137. The molecule has 0 aliphatic carbocycles. The van der Waals surface area contributed by atoms with Crippen LogP contribution in [-0.2, 0) is 14.3 Å². The van der Waals surface area contributed by atoms with Gasteiger partial charge in [-0.3, -0.25) is 9.59 Å². The van der Waals surface area contributed by atoms with Gasteiger partial charge >= 0.3 is 0 Å². The molecule has 3 aliphatic rings. The third-order valence-electron chi connectivity index (χ3n) is 7.01. The highest BCUT2D eigenvalue weighted by molar-refractivity contribution is 6.26. The summed E-state index contributed by atoms with van der Waals surface area (Å²) < 4.78 is 5.96. The van der Waals surface area contributed by atoms with E-state index in [1.165, 1.54) is 6.92 Å². The first-order chi connectivity index (χ1) is 14.3. The molecule has 8 nitrogen and oxygen atoms in total. The molecule has 5 rings (SSSR count). The van der Waals surface area contributed by atoms with E-state index in [-0.39, 0.29) is 13.0 Å². The van der Waals surface area contributed by atoms with E-state index in [4.69, 9.17) is 4.74 Å². The third kappa shape index (κ3) is 2.03. The van der Waals surface area contributed by atoms with Gasteiger partial charge in [0.05, 0.1) is 29.2 Å². The lowest BCUT2D eigenvalue weighted by Crippen LogP contribution is -2.58. The van der Waals surface area contributed by atoms with Crippen LogP contribution >= 0.6 is 0 Å². The molecule has 3 heterocycles. The van der Waals surface area contributed by atoms with Crippen molar-refractivity contribution < 1.29 is 29.6 Å². The number of aliphatic hydroxyl groups excluding tert-OH is 3. The number of carbonyl (C=O) groups is 2. The number of ether oxygens (including phenoxy) is 1. The Labute approximate surface area is 171 Å². The lowest BCUT2D eigenvalue weighted by Gasteiger charge is -2.37. The number of carbonyl (C=O) groups excluding carboxylic acids is 2. The van der Waals surface area contributed by atoms with Crippen LogP contribution in [0.4, 0.5) is 5.69 Å². The first kappa shape index (κ1) is 19.2. The fourth-order valence-electron chi connectivity index (χ4n) is 5.69. The summed E-state index contributed by atoms with van der Waals surface area (Å²) in [6.07, 6.45) is -2.84. The Balaban J connectivity index is 1.69. The number of aliphatic hydroxyl groups is 3. The van der Waals surface area contributed by atoms with Crippen LogP contribution in [0.25, 0.3) is 10.8 Å². The predicted octanol–water partition coefficient (Wildman–Crippen LogP) is 0.463. The zero-order chi connectivity index (χ0) is 21.4. The summed E-state index contributed by atoms with van der Waals surface area (Å²) in [7, 11) is 0. The van der Waals surface area contributed by atoms with E-state index in [2.05, 4.69) is 6.07 Å². The van der Waals surface area contributed by atoms with Crippen molar-refractivity contribution in [1.82, 2.24) is 0 Å². The van der Waals surface area contributed by atoms with Gasteiger partial charge in [0.1, 0.15) is 23.4 Å². The van der Waals surface area contributed by atoms with Gasteiger partial charge in [-0.2, -0.15) is 5.26 Å². The van der Waals surface area contributed by atoms with Crippen molar-refractivity contribution in [2.45, 2.75) is 36.8 Å². The Morgan fingerprint density at radius 2 is 1.73 bits per heavy atom. The smallest absolute Gasteiger partial charge is 0.240 e. The van der Waals surface area contributed by atoms with Gasteiger partial charge in [0, 0.05) is 23.8 Å². The summed E-state index contributed by atoms with van der Waals surface area (Å²) in [6, 6.07) is 12.3. The van der Waals surface area contributed by atoms with Crippen molar-refractivity contribution in [2.24, 2.45) is 11.8 Å². The fourth-order valence-corrected chi connectivity index (χ4v) is 5.69. The Morgan fingerprint density at radius 1 is 1.07 bits per heavy atom. The molecule has 3 aliphatic heterocycles. The molecule has 0 spiro atoms. The average Bonchev–Trinajstić information content (AvgIpc) is 3.25. The van der Waals surface area contributed by atoms with Gasteiger partial charge in [0.25, 0.3) is 0 Å². The molecule has 2 bridgehead atoms. The molecule has 2 aromatic rings. The zero-order valence-electron chi connectivity index (χ0n) is 16.1. The quantitative estimate of drug-likeness (QED) is 0.629. The van der Waals surface area contributed by atoms with E-state index in [1.54, 1.807) is 36.4 Å². The summed E-state index contributed by atoms with van der Waals surface area (Å²) in [5.41, 5.74) is -2.20. The van der Waals surface area contributed by atoms with Gasteiger partial charge in [0.15, 0.2) is 0 Å². The maximum Gasteiger partial charge on any atom is 0.240 e. The number of nitriles is 1. The zero-order valence-corrected chi connectivity index (χ0v) is 16.1. The lowest BCUT2D eigenvalue weighted by atomic mass is 9.64. The molecule has 3 fully saturated rings. The number of fused-ring (bicyclic) bond motifs is 6. The van der Waals surface area contributed by atoms with E-state index < -0.39 is 47.1 Å². The molecule has 0 saturated carbocycles. The second kappa shape index (κ2) is 6.09. The number of benzene rings is 2. The van der Waals surface area contributed by atoms with Crippen LogP contribution in [0.2, 0.25) is 0 Å². The monoisotopic (exact) mass is 408 g/mol. The van der Waals surface area contributed by atoms with Crippen LogP contribution in [0.3, 0.4) is 0 Å². The fraction of sp³-hybridized carbons (Fsp3) is 0.409. The second-order valence-corrected chi connectivity index (χ2v) is 8.36. The topological polar surface area (TPSA) is 131 Å². The number of hydrogen-bond donors (Lipinski definition) is 3. The molecule has 0 aromatic heterocycles. The van der Waals surface area contributed by atoms with Crippen LogP contribution in [0, 0.1) is 23.2 Å². The highest BCUT2D eigenvalue weighted by Crippen LogP contribution is 2.62. The SMILES string of the molecule is CC12OC(CCO)([C@@H]3C(=O)N(c4ccc(C#N)c5ccccc45)C(=O)C31)[C@@H](O)[C@H]2O. The van der Waals surface area contributed by atoms with Gasteiger partial charge in [-0.15, -0.1) is 0 Å². The number of rotatable bonds is 3. The standard InChI is InChI=1S/C22H20N2O6/c1-21-15-16(22(30-21,8-9-25)18(27)17(21)26)20(29)24(19(15)28)14-7-6-11(10-23)12-4-2-3-5-13(12)14/h2-7,15-18,25-27H,8-9H2,1H3/t15?,16-,17+,18-,21?,22?/m0/s1. The van der Waals surface area contributed by atoms with Gasteiger partial charge < -0.3 is 20.1 Å². The van der Waals surface area contributed by atoms with Crippen LogP contribution in [0.15, 0.2) is 36.4 Å². The summed E-state index contributed by atoms with van der Waals surface area (Å²) in [6.45, 7) is 1.15. The van der Waals surface area contributed by atoms with Gasteiger partial charge in [-0.1, -0.05) is 24.3 Å². The van der Waals surface area contributed by atoms with E-state index in [9.17, 15) is 30.2 Å². The van der Waals surface area contributed by atoms with Crippen molar-refractivity contribution in [3.05, 3.63) is 42.0 Å². The van der Waals surface area contributed by atoms with Gasteiger partial charge in [-0.25, -0.2) is 4.90 Å². The van der Waals surface area contributed by atoms with Crippen molar-refractivity contribution in [2.75, 3.05) is 11.5 Å².